The van der Waals surface area contributed by atoms with Crippen LogP contribution in [-0.2, 0) is 21.7 Å². The number of anilines is 3. The van der Waals surface area contributed by atoms with Gasteiger partial charge < -0.3 is 9.64 Å². The zero-order valence-corrected chi connectivity index (χ0v) is 31.1. The van der Waals surface area contributed by atoms with Crippen LogP contribution in [0.5, 0.6) is 11.5 Å². The highest BCUT2D eigenvalue weighted by atomic mass is 16.5. The molecule has 4 bridgehead atoms. The van der Waals surface area contributed by atoms with Crippen molar-refractivity contribution in [3.8, 4) is 22.6 Å². The van der Waals surface area contributed by atoms with Gasteiger partial charge in [-0.1, -0.05) is 95.9 Å². The Balaban J connectivity index is 1.32. The Morgan fingerprint density at radius 2 is 1.04 bits per heavy atom. The maximum atomic E-state index is 10.7. The fourth-order valence-corrected chi connectivity index (χ4v) is 11.5. The second kappa shape index (κ2) is 10.7. The molecule has 0 aromatic heterocycles. The Hall–Kier alpha value is -4.30. The van der Waals surface area contributed by atoms with Crippen LogP contribution in [0.4, 0.5) is 17.1 Å². The molecule has 1 heterocycles. The average molecular weight is 713 g/mol. The maximum absolute atomic E-state index is 10.7. The van der Waals surface area contributed by atoms with Crippen LogP contribution in [0.15, 0.2) is 103 Å². The normalized spacial score (nSPS) is 32.8. The molecule has 7 aliphatic rings. The van der Waals surface area contributed by atoms with Crippen molar-refractivity contribution in [2.45, 2.75) is 108 Å². The summed E-state index contributed by atoms with van der Waals surface area (Å²) in [6, 6.07) is -8.06. The topological polar surface area (TPSA) is 12.5 Å². The molecule has 1 aliphatic heterocycles. The van der Waals surface area contributed by atoms with Gasteiger partial charge in [-0.2, -0.15) is 0 Å². The fraction of sp³-hybridized carbons (Fsp3) is 0.412. The largest absolute Gasteiger partial charge is 0.457 e. The molecule has 4 saturated carbocycles. The van der Waals surface area contributed by atoms with Gasteiger partial charge in [0.25, 0.3) is 0 Å². The molecule has 268 valence electrons. The predicted molar refractivity (Wildman–Crippen MR) is 218 cm³/mol. The van der Waals surface area contributed by atoms with Crippen molar-refractivity contribution in [1.29, 1.82) is 0 Å². The molecule has 0 radical (unpaired) electrons. The summed E-state index contributed by atoms with van der Waals surface area (Å²) in [6.45, 7) is 11.1. The van der Waals surface area contributed by atoms with Gasteiger partial charge in [-0.15, -0.1) is 0 Å². The minimum atomic E-state index is -1.41. The second-order valence-electron chi connectivity index (χ2n) is 18.3. The van der Waals surface area contributed by atoms with Crippen LogP contribution in [0.25, 0.3) is 11.1 Å². The Bertz CT molecular complexity index is 3260. The number of hydrogen-bond donors (Lipinski definition) is 0. The Morgan fingerprint density at radius 1 is 0.509 bits per heavy atom. The first-order valence-electron chi connectivity index (χ1n) is 27.7. The lowest BCUT2D eigenvalue weighted by molar-refractivity contribution is -0.0452. The van der Waals surface area contributed by atoms with Gasteiger partial charge in [0, 0.05) is 39.0 Å². The first kappa shape index (κ1) is 19.3. The first-order chi connectivity index (χ1) is 32.6. The number of ether oxygens (including phenoxy) is 1. The molecule has 0 saturated heterocycles. The van der Waals surface area contributed by atoms with Crippen LogP contribution in [-0.4, -0.2) is 0 Å². The van der Waals surface area contributed by atoms with Crippen LogP contribution in [0, 0.1) is 23.7 Å². The summed E-state index contributed by atoms with van der Waals surface area (Å²) in [5.74, 6) is -0.295. The highest BCUT2D eigenvalue weighted by Gasteiger charge is 2.61. The molecular weight excluding hydrogens is 643 g/mol. The van der Waals surface area contributed by atoms with E-state index in [1.807, 2.05) is 27.7 Å². The van der Waals surface area contributed by atoms with E-state index < -0.39 is 112 Å². The third kappa shape index (κ3) is 4.33. The molecule has 1 spiro atoms. The molecule has 2 nitrogen and oxygen atoms in total. The lowest BCUT2D eigenvalue weighted by Crippen LogP contribution is -2.57. The zero-order chi connectivity index (χ0) is 50.9. The quantitative estimate of drug-likeness (QED) is 0.185. The molecular formula is C51H53NO. The van der Waals surface area contributed by atoms with Crippen LogP contribution >= 0.6 is 0 Å². The van der Waals surface area contributed by atoms with Gasteiger partial charge >= 0.3 is 0 Å². The van der Waals surface area contributed by atoms with Crippen LogP contribution < -0.4 is 9.64 Å². The molecule has 4 fully saturated rings. The maximum Gasteiger partial charge on any atom is 0.131 e. The zero-order valence-electron chi connectivity index (χ0n) is 48.1. The molecule has 2 heteroatoms. The average Bonchev–Trinajstić information content (AvgIpc) is 3.55. The number of fused-ring (bicyclic) bond motifs is 6. The van der Waals surface area contributed by atoms with E-state index in [0.29, 0.717) is 61.5 Å². The second-order valence-corrected chi connectivity index (χ2v) is 18.3. The van der Waals surface area contributed by atoms with Crippen LogP contribution in [0.2, 0.25) is 0 Å². The summed E-state index contributed by atoms with van der Waals surface area (Å²) < 4.78 is 169. The van der Waals surface area contributed by atoms with E-state index in [1.165, 1.54) is 0 Å². The molecule has 0 atom stereocenters. The Labute approximate surface area is 340 Å². The molecule has 5 aromatic rings. The number of hydrogen-bond acceptors (Lipinski definition) is 2. The van der Waals surface area contributed by atoms with Gasteiger partial charge in [-0.05, 0) is 161 Å². The van der Waals surface area contributed by atoms with E-state index in [-0.39, 0.29) is 86.6 Å². The van der Waals surface area contributed by atoms with E-state index in [1.54, 1.807) is 13.8 Å². The Morgan fingerprint density at radius 3 is 1.75 bits per heavy atom. The summed E-state index contributed by atoms with van der Waals surface area (Å²) in [6.07, 6.45) is 4.91. The summed E-state index contributed by atoms with van der Waals surface area (Å²) in [7, 11) is 0. The predicted octanol–water partition coefficient (Wildman–Crippen LogP) is 13.7. The van der Waals surface area contributed by atoms with E-state index in [2.05, 4.69) is 0 Å². The van der Waals surface area contributed by atoms with Crippen molar-refractivity contribution < 1.29 is 28.0 Å². The van der Waals surface area contributed by atoms with Crippen molar-refractivity contribution in [2.24, 2.45) is 23.7 Å². The number of rotatable bonds is 3. The van der Waals surface area contributed by atoms with E-state index >= 15 is 0 Å². The monoisotopic (exact) mass is 713 g/mol. The summed E-state index contributed by atoms with van der Waals surface area (Å²) in [4.78, 5) is 1.11. The molecule has 0 N–H and O–H groups in total. The van der Waals surface area contributed by atoms with Gasteiger partial charge in [0.15, 0.2) is 0 Å². The number of nitrogens with zero attached hydrogens (tertiary/aromatic N) is 1. The summed E-state index contributed by atoms with van der Waals surface area (Å²) >= 11 is 0. The Kier molecular flexibility index (Phi) is 3.90. The van der Waals surface area contributed by atoms with Crippen molar-refractivity contribution in [3.05, 3.63) is 136 Å². The highest BCUT2D eigenvalue weighted by Crippen LogP contribution is 2.69. The number of benzene rings is 5. The first-order valence-corrected chi connectivity index (χ1v) is 19.2. The van der Waals surface area contributed by atoms with Gasteiger partial charge in [-0.25, -0.2) is 0 Å². The minimum absolute atomic E-state index is 0.0292. The lowest BCUT2D eigenvalue weighted by Gasteiger charge is -2.63. The fourth-order valence-electron chi connectivity index (χ4n) is 11.5. The van der Waals surface area contributed by atoms with E-state index in [0.717, 1.165) is 11.3 Å². The summed E-state index contributed by atoms with van der Waals surface area (Å²) in [5.41, 5.74) is -4.13. The molecule has 53 heavy (non-hydrogen) atoms. The SMILES string of the molecule is [2H]c1c([2H])c([2H])c2c(c1[2H])Oc1c([2H])c([2H])c(N(c3c([2H])c([2H])c4c(c3[2H])C(C)(C)CCC4(C)C)c3c([2H])c([2H])c4c(c3[2H])C(C)(C)c3c([2H])c([2H])c([2H])c([2H])c3-4)c([2H])c1C21C2CC3CC(C2)CC1C3. The van der Waals surface area contributed by atoms with Gasteiger partial charge in [0.2, 0.25) is 0 Å². The molecule has 12 rings (SSSR count). The van der Waals surface area contributed by atoms with Crippen molar-refractivity contribution >= 4 is 17.1 Å². The van der Waals surface area contributed by atoms with Gasteiger partial charge in [0.1, 0.15) is 11.5 Å². The van der Waals surface area contributed by atoms with Gasteiger partial charge in [0.05, 0.1) is 23.3 Å². The standard InChI is InChI=1S/C51H53NO/c1-48(2)21-22-49(3,4)44-29-36(16-19-41(44)48)52(35-15-18-39-38-11-7-8-12-40(38)50(5,6)43(39)28-35)37-17-20-47-45(30-37)51(42-13-9-10-14-46(42)53-47)33-24-31-23-32(26-33)27-34(51)25-31/h7-20,28-34H,21-27H2,1-6H3/i7D,8D,9D,10D,11D,12D,13D,14D,15D,16D,17D,18D,19D,20D,28D,29D,30D. The molecule has 6 aliphatic carbocycles. The van der Waals surface area contributed by atoms with E-state index in [4.69, 9.17) is 14.3 Å². The van der Waals surface area contributed by atoms with Crippen LogP contribution in [0.1, 0.15) is 143 Å². The molecule has 0 unspecified atom stereocenters. The smallest absolute Gasteiger partial charge is 0.131 e. The van der Waals surface area contributed by atoms with E-state index in [9.17, 15) is 13.7 Å². The third-order valence-corrected chi connectivity index (χ3v) is 14.1. The van der Waals surface area contributed by atoms with Crippen molar-refractivity contribution in [2.75, 3.05) is 4.90 Å². The molecule has 5 aromatic carbocycles. The number of para-hydroxylation sites is 1. The highest BCUT2D eigenvalue weighted by molar-refractivity contribution is 5.86. The van der Waals surface area contributed by atoms with Crippen molar-refractivity contribution in [3.63, 3.8) is 0 Å². The van der Waals surface area contributed by atoms with Crippen molar-refractivity contribution in [1.82, 2.24) is 0 Å². The minimum Gasteiger partial charge on any atom is -0.457 e. The van der Waals surface area contributed by atoms with Gasteiger partial charge in [-0.3, -0.25) is 0 Å². The lowest BCUT2D eigenvalue weighted by atomic mass is 9.42. The van der Waals surface area contributed by atoms with Crippen LogP contribution in [0.3, 0.4) is 0 Å². The molecule has 0 amide bonds. The summed E-state index contributed by atoms with van der Waals surface area (Å²) in [5, 5.41) is 0. The third-order valence-electron chi connectivity index (χ3n) is 14.1.